The molecule has 0 bridgehead atoms. The molecule has 21 heavy (non-hydrogen) atoms. The van der Waals surface area contributed by atoms with Crippen LogP contribution < -0.4 is 4.72 Å². The highest BCUT2D eigenvalue weighted by molar-refractivity contribution is 7.89. The van der Waals surface area contributed by atoms with E-state index in [4.69, 9.17) is 5.26 Å². The molecule has 1 aliphatic rings. The molecule has 0 aromatic heterocycles. The number of hydrogen-bond donors (Lipinski definition) is 1. The number of nitrogens with one attached hydrogen (secondary N) is 1. The zero-order valence-electron chi connectivity index (χ0n) is 12.6. The van der Waals surface area contributed by atoms with Crippen LogP contribution in [0.1, 0.15) is 50.2 Å². The maximum atomic E-state index is 12.6. The Balaban J connectivity index is 2.20. The van der Waals surface area contributed by atoms with E-state index in [-0.39, 0.29) is 10.9 Å². The van der Waals surface area contributed by atoms with Crippen molar-refractivity contribution in [3.63, 3.8) is 0 Å². The molecule has 5 heteroatoms. The molecular weight excluding hydrogens is 284 g/mol. The van der Waals surface area contributed by atoms with Crippen molar-refractivity contribution in [1.29, 1.82) is 5.26 Å². The Labute approximate surface area is 127 Å². The molecule has 0 saturated heterocycles. The molecule has 114 valence electrons. The topological polar surface area (TPSA) is 70.0 Å². The minimum atomic E-state index is -3.57. The van der Waals surface area contributed by atoms with Crippen molar-refractivity contribution in [1.82, 2.24) is 4.72 Å². The van der Waals surface area contributed by atoms with Gasteiger partial charge in [0, 0.05) is 6.04 Å². The van der Waals surface area contributed by atoms with Gasteiger partial charge >= 0.3 is 0 Å². The van der Waals surface area contributed by atoms with Gasteiger partial charge in [-0.1, -0.05) is 25.3 Å². The highest BCUT2D eigenvalue weighted by Gasteiger charge is 2.26. The lowest BCUT2D eigenvalue weighted by Gasteiger charge is -2.28. The Morgan fingerprint density at radius 1 is 1.29 bits per heavy atom. The molecule has 0 aliphatic heterocycles. The van der Waals surface area contributed by atoms with Gasteiger partial charge in [-0.2, -0.15) is 5.26 Å². The van der Waals surface area contributed by atoms with Crippen molar-refractivity contribution >= 4 is 10.0 Å². The van der Waals surface area contributed by atoms with Crippen molar-refractivity contribution in [3.05, 3.63) is 29.3 Å². The van der Waals surface area contributed by atoms with Crippen molar-refractivity contribution in [3.8, 4) is 6.07 Å². The first-order valence-corrected chi connectivity index (χ1v) is 8.95. The first kappa shape index (κ1) is 16.0. The molecule has 0 radical (unpaired) electrons. The minimum Gasteiger partial charge on any atom is -0.208 e. The SMILES string of the molecule is Cc1ccc(C#N)cc1S(=O)(=O)NC(C)C1CCCCC1. The van der Waals surface area contributed by atoms with E-state index < -0.39 is 10.0 Å². The predicted octanol–water partition coefficient (Wildman–Crippen LogP) is 3.11. The second-order valence-electron chi connectivity index (χ2n) is 5.90. The summed E-state index contributed by atoms with van der Waals surface area (Å²) < 4.78 is 27.9. The van der Waals surface area contributed by atoms with E-state index in [1.807, 2.05) is 13.0 Å². The fourth-order valence-corrected chi connectivity index (χ4v) is 4.58. The lowest BCUT2D eigenvalue weighted by Crippen LogP contribution is -2.39. The molecule has 0 amide bonds. The lowest BCUT2D eigenvalue weighted by molar-refractivity contribution is 0.303. The maximum Gasteiger partial charge on any atom is 0.241 e. The second kappa shape index (κ2) is 6.59. The van der Waals surface area contributed by atoms with Crippen LogP contribution in [0.25, 0.3) is 0 Å². The highest BCUT2D eigenvalue weighted by atomic mass is 32.2. The number of benzene rings is 1. The van der Waals surface area contributed by atoms with E-state index in [9.17, 15) is 8.42 Å². The summed E-state index contributed by atoms with van der Waals surface area (Å²) in [4.78, 5) is 0.212. The van der Waals surface area contributed by atoms with Crippen LogP contribution in [0.4, 0.5) is 0 Å². The molecule has 2 rings (SSSR count). The summed E-state index contributed by atoms with van der Waals surface area (Å²) in [6, 6.07) is 6.69. The molecule has 1 fully saturated rings. The van der Waals surface area contributed by atoms with Crippen molar-refractivity contribution in [2.75, 3.05) is 0 Å². The third kappa shape index (κ3) is 3.84. The Kier molecular flexibility index (Phi) is 5.02. The second-order valence-corrected chi connectivity index (χ2v) is 7.58. The van der Waals surface area contributed by atoms with Gasteiger partial charge in [0.25, 0.3) is 0 Å². The lowest BCUT2D eigenvalue weighted by atomic mass is 9.85. The third-order valence-electron chi connectivity index (χ3n) is 4.30. The van der Waals surface area contributed by atoms with Gasteiger partial charge in [0.15, 0.2) is 0 Å². The number of hydrogen-bond acceptors (Lipinski definition) is 3. The Bertz CT molecular complexity index is 641. The van der Waals surface area contributed by atoms with Gasteiger partial charge in [0.1, 0.15) is 0 Å². The van der Waals surface area contributed by atoms with E-state index in [1.165, 1.54) is 25.3 Å². The fourth-order valence-electron chi connectivity index (χ4n) is 3.00. The van der Waals surface area contributed by atoms with Gasteiger partial charge in [-0.25, -0.2) is 13.1 Å². The minimum absolute atomic E-state index is 0.0690. The van der Waals surface area contributed by atoms with E-state index in [0.717, 1.165) is 12.8 Å². The van der Waals surface area contributed by atoms with Crippen LogP contribution in [0.3, 0.4) is 0 Å². The van der Waals surface area contributed by atoms with Gasteiger partial charge in [0.05, 0.1) is 16.5 Å². The predicted molar refractivity (Wildman–Crippen MR) is 82.3 cm³/mol. The zero-order chi connectivity index (χ0) is 15.5. The van der Waals surface area contributed by atoms with Crippen molar-refractivity contribution in [2.24, 2.45) is 5.92 Å². The Morgan fingerprint density at radius 2 is 1.95 bits per heavy atom. The van der Waals surface area contributed by atoms with Gasteiger partial charge in [-0.3, -0.25) is 0 Å². The van der Waals surface area contributed by atoms with E-state index in [0.29, 0.717) is 17.0 Å². The number of aryl methyl sites for hydroxylation is 1. The summed E-state index contributed by atoms with van der Waals surface area (Å²) in [5.41, 5.74) is 1.03. The van der Waals surface area contributed by atoms with Gasteiger partial charge in [0.2, 0.25) is 10.0 Å². The molecule has 0 heterocycles. The van der Waals surface area contributed by atoms with Crippen LogP contribution in [0, 0.1) is 24.2 Å². The molecule has 1 aliphatic carbocycles. The number of nitriles is 1. The summed E-state index contributed by atoms with van der Waals surface area (Å²) in [6.07, 6.45) is 5.78. The molecule has 1 atom stereocenters. The molecule has 1 saturated carbocycles. The average molecular weight is 306 g/mol. The summed E-state index contributed by atoms with van der Waals surface area (Å²) >= 11 is 0. The van der Waals surface area contributed by atoms with E-state index in [1.54, 1.807) is 19.1 Å². The summed E-state index contributed by atoms with van der Waals surface area (Å²) in [5, 5.41) is 8.94. The van der Waals surface area contributed by atoms with E-state index in [2.05, 4.69) is 4.72 Å². The maximum absolute atomic E-state index is 12.6. The van der Waals surface area contributed by atoms with Crippen LogP contribution in [-0.4, -0.2) is 14.5 Å². The van der Waals surface area contributed by atoms with Crippen LogP contribution in [-0.2, 0) is 10.0 Å². The fraction of sp³-hybridized carbons (Fsp3) is 0.562. The van der Waals surface area contributed by atoms with Crippen molar-refractivity contribution < 1.29 is 8.42 Å². The molecule has 1 aromatic carbocycles. The third-order valence-corrected chi connectivity index (χ3v) is 6.01. The number of nitrogens with zero attached hydrogens (tertiary/aromatic N) is 1. The normalized spacial score (nSPS) is 18.1. The van der Waals surface area contributed by atoms with Gasteiger partial charge < -0.3 is 0 Å². The quantitative estimate of drug-likeness (QED) is 0.929. The summed E-state index contributed by atoms with van der Waals surface area (Å²) in [5.74, 6) is 0.410. The van der Waals surface area contributed by atoms with Gasteiger partial charge in [-0.15, -0.1) is 0 Å². The molecule has 1 aromatic rings. The van der Waals surface area contributed by atoms with Crippen molar-refractivity contribution in [2.45, 2.75) is 56.9 Å². The Hall–Kier alpha value is -1.38. The zero-order valence-corrected chi connectivity index (χ0v) is 13.4. The monoisotopic (exact) mass is 306 g/mol. The Morgan fingerprint density at radius 3 is 2.57 bits per heavy atom. The smallest absolute Gasteiger partial charge is 0.208 e. The molecule has 0 spiro atoms. The summed E-state index contributed by atoms with van der Waals surface area (Å²) in [7, 11) is -3.57. The molecular formula is C16H22N2O2S. The van der Waals surface area contributed by atoms with Gasteiger partial charge in [-0.05, 0) is 50.3 Å². The summed E-state index contributed by atoms with van der Waals surface area (Å²) in [6.45, 7) is 3.69. The van der Waals surface area contributed by atoms with Crippen LogP contribution in [0.2, 0.25) is 0 Å². The number of rotatable bonds is 4. The molecule has 1 N–H and O–H groups in total. The average Bonchev–Trinajstić information content (AvgIpc) is 2.48. The molecule has 4 nitrogen and oxygen atoms in total. The van der Waals surface area contributed by atoms with Crippen LogP contribution in [0.5, 0.6) is 0 Å². The van der Waals surface area contributed by atoms with E-state index >= 15 is 0 Å². The van der Waals surface area contributed by atoms with Crippen LogP contribution in [0.15, 0.2) is 23.1 Å². The highest BCUT2D eigenvalue weighted by Crippen LogP contribution is 2.27. The molecule has 1 unspecified atom stereocenters. The number of sulfonamides is 1. The van der Waals surface area contributed by atoms with Crippen LogP contribution >= 0.6 is 0 Å². The first-order valence-electron chi connectivity index (χ1n) is 7.47. The standard InChI is InChI=1S/C16H22N2O2S/c1-12-8-9-14(11-17)10-16(12)21(19,20)18-13(2)15-6-4-3-5-7-15/h8-10,13,15,18H,3-7H2,1-2H3. The largest absolute Gasteiger partial charge is 0.241 e. The first-order chi connectivity index (χ1) is 9.94.